The van der Waals surface area contributed by atoms with Crippen LogP contribution in [0.25, 0.3) is 0 Å². The summed E-state index contributed by atoms with van der Waals surface area (Å²) in [4.78, 5) is 12.6. The highest BCUT2D eigenvalue weighted by atomic mass is 16.7. The Morgan fingerprint density at radius 2 is 1.45 bits per heavy atom. The Hall–Kier alpha value is -2.33. The number of likely N-dealkylation sites (N-methyl/N-ethyl adjacent to an activating group) is 1. The minimum absolute atomic E-state index is 0.238. The van der Waals surface area contributed by atoms with Crippen LogP contribution in [0.5, 0.6) is 5.75 Å². The summed E-state index contributed by atoms with van der Waals surface area (Å²) in [5.74, 6) is 0.509. The molecule has 0 bridgehead atoms. The van der Waals surface area contributed by atoms with Crippen molar-refractivity contribution in [1.29, 1.82) is 0 Å². The topological polar surface area (TPSA) is 35.5 Å². The van der Waals surface area contributed by atoms with Gasteiger partial charge in [-0.1, -0.05) is 94.8 Å². The van der Waals surface area contributed by atoms with Crippen LogP contribution in [0.15, 0.2) is 54.6 Å². The van der Waals surface area contributed by atoms with Crippen LogP contribution >= 0.6 is 0 Å². The van der Waals surface area contributed by atoms with Gasteiger partial charge in [0.05, 0.1) is 14.1 Å². The maximum absolute atomic E-state index is 12.6. The molecule has 0 aromatic heterocycles. The van der Waals surface area contributed by atoms with Gasteiger partial charge in [-0.25, -0.2) is 4.79 Å². The Bertz CT molecular complexity index is 786. The third-order valence-corrected chi connectivity index (χ3v) is 5.87. The molecule has 0 saturated carbocycles. The van der Waals surface area contributed by atoms with Crippen LogP contribution in [0.3, 0.4) is 0 Å². The summed E-state index contributed by atoms with van der Waals surface area (Å²) in [7, 11) is 4.08. The highest BCUT2D eigenvalue weighted by molar-refractivity contribution is 5.70. The molecule has 4 heteroatoms. The van der Waals surface area contributed by atoms with Crippen LogP contribution in [0.4, 0.5) is 0 Å². The van der Waals surface area contributed by atoms with Crippen LogP contribution < -0.4 is 4.74 Å². The van der Waals surface area contributed by atoms with E-state index in [2.05, 4.69) is 31.2 Å². The molecule has 2 aromatic carbocycles. The molecule has 0 amide bonds. The predicted octanol–water partition coefficient (Wildman–Crippen LogP) is 6.91. The van der Waals surface area contributed by atoms with Crippen molar-refractivity contribution in [2.75, 3.05) is 20.6 Å². The number of unbranched alkanes of at least 4 members (excludes halogenated alkanes) is 6. The summed E-state index contributed by atoms with van der Waals surface area (Å²) in [5, 5.41) is 0. The van der Waals surface area contributed by atoms with E-state index >= 15 is 0 Å². The van der Waals surface area contributed by atoms with Crippen molar-refractivity contribution < 1.29 is 18.8 Å². The first kappa shape index (κ1) is 26.9. The van der Waals surface area contributed by atoms with E-state index in [1.54, 1.807) is 0 Å². The molecule has 2 aromatic rings. The van der Waals surface area contributed by atoms with Gasteiger partial charge >= 0.3 is 5.97 Å². The highest BCUT2D eigenvalue weighted by Crippen LogP contribution is 2.18. The number of aryl methyl sites for hydroxylation is 1. The predicted molar refractivity (Wildman–Crippen MR) is 136 cm³/mol. The summed E-state index contributed by atoms with van der Waals surface area (Å²) < 4.78 is 12.1. The van der Waals surface area contributed by atoms with Crippen molar-refractivity contribution in [1.82, 2.24) is 0 Å². The molecule has 182 valence electrons. The number of esters is 1. The number of hydrogen-bond acceptors (Lipinski definition) is 3. The van der Waals surface area contributed by atoms with Crippen LogP contribution in [-0.4, -0.2) is 37.4 Å². The van der Waals surface area contributed by atoms with Crippen molar-refractivity contribution >= 4 is 5.97 Å². The lowest BCUT2D eigenvalue weighted by molar-refractivity contribution is -0.896. The Morgan fingerprint density at radius 3 is 2.09 bits per heavy atom. The second kappa shape index (κ2) is 14.7. The summed E-state index contributed by atoms with van der Waals surface area (Å²) >= 11 is 0. The molecular formula is C29H44NO3+. The fourth-order valence-electron chi connectivity index (χ4n) is 4.03. The van der Waals surface area contributed by atoms with E-state index in [1.165, 1.54) is 56.1 Å². The number of hydrogen-bond donors (Lipinski definition) is 0. The van der Waals surface area contributed by atoms with Crippen LogP contribution in [0, 0.1) is 0 Å². The fraction of sp³-hybridized carbons (Fsp3) is 0.552. The highest BCUT2D eigenvalue weighted by Gasteiger charge is 2.24. The molecule has 0 aliphatic rings. The molecule has 2 rings (SSSR count). The van der Waals surface area contributed by atoms with Gasteiger partial charge < -0.3 is 14.0 Å². The van der Waals surface area contributed by atoms with Crippen LogP contribution in [0.2, 0.25) is 0 Å². The fourth-order valence-corrected chi connectivity index (χ4v) is 4.03. The minimum Gasteiger partial charge on any atom is -0.455 e. The first-order valence-corrected chi connectivity index (χ1v) is 12.7. The molecular weight excluding hydrogens is 410 g/mol. The van der Waals surface area contributed by atoms with Gasteiger partial charge in [-0.05, 0) is 30.5 Å². The van der Waals surface area contributed by atoms with Crippen molar-refractivity contribution in [3.8, 4) is 5.75 Å². The van der Waals surface area contributed by atoms with E-state index in [1.807, 2.05) is 51.4 Å². The number of carbonyl (C=O) groups excluding carboxylic acids is 1. The SMILES string of the molecule is CCCCCCCCCc1ccc(OC(CC)OC(=O)C[N+](C)(C)Cc2ccccc2)cc1. The zero-order valence-electron chi connectivity index (χ0n) is 21.2. The molecule has 0 radical (unpaired) electrons. The second-order valence-corrected chi connectivity index (χ2v) is 9.70. The molecule has 0 saturated heterocycles. The lowest BCUT2D eigenvalue weighted by Crippen LogP contribution is -2.44. The van der Waals surface area contributed by atoms with Gasteiger partial charge in [0.1, 0.15) is 12.3 Å². The van der Waals surface area contributed by atoms with Gasteiger partial charge in [-0.15, -0.1) is 0 Å². The maximum Gasteiger partial charge on any atom is 0.364 e. The summed E-state index contributed by atoms with van der Waals surface area (Å²) in [5.41, 5.74) is 2.54. The Morgan fingerprint density at radius 1 is 0.818 bits per heavy atom. The standard InChI is InChI=1S/C29H44NO3/c1-5-7-8-9-10-11-13-16-25-19-21-27(22-20-25)32-29(6-2)33-28(31)24-30(3,4)23-26-17-14-12-15-18-26/h12,14-15,17-22,29H,5-11,13,16,23-24H2,1-4H3/q+1. The smallest absolute Gasteiger partial charge is 0.364 e. The van der Waals surface area contributed by atoms with Crippen molar-refractivity contribution in [2.24, 2.45) is 0 Å². The molecule has 0 aliphatic carbocycles. The average Bonchev–Trinajstić information content (AvgIpc) is 2.79. The average molecular weight is 455 g/mol. The van der Waals surface area contributed by atoms with Gasteiger partial charge in [0.25, 0.3) is 0 Å². The zero-order valence-corrected chi connectivity index (χ0v) is 21.2. The molecule has 0 spiro atoms. The number of quaternary nitrogens is 1. The van der Waals surface area contributed by atoms with E-state index < -0.39 is 6.29 Å². The van der Waals surface area contributed by atoms with E-state index in [-0.39, 0.29) is 5.97 Å². The quantitative estimate of drug-likeness (QED) is 0.120. The normalized spacial score (nSPS) is 12.4. The van der Waals surface area contributed by atoms with E-state index in [0.29, 0.717) is 17.4 Å². The van der Waals surface area contributed by atoms with Crippen molar-refractivity contribution in [3.05, 3.63) is 65.7 Å². The minimum atomic E-state index is -0.566. The lowest BCUT2D eigenvalue weighted by atomic mass is 10.0. The number of rotatable bonds is 16. The molecule has 33 heavy (non-hydrogen) atoms. The lowest BCUT2D eigenvalue weighted by Gasteiger charge is -2.29. The van der Waals surface area contributed by atoms with E-state index in [0.717, 1.165) is 18.7 Å². The Labute approximate surface area is 201 Å². The number of nitrogens with zero attached hydrogens (tertiary/aromatic N) is 1. The van der Waals surface area contributed by atoms with Gasteiger partial charge in [0, 0.05) is 12.0 Å². The van der Waals surface area contributed by atoms with E-state index in [9.17, 15) is 4.79 Å². The third kappa shape index (κ3) is 11.4. The third-order valence-electron chi connectivity index (χ3n) is 5.87. The van der Waals surface area contributed by atoms with Crippen molar-refractivity contribution in [2.45, 2.75) is 84.5 Å². The van der Waals surface area contributed by atoms with Crippen molar-refractivity contribution in [3.63, 3.8) is 0 Å². The molecule has 0 N–H and O–H groups in total. The molecule has 0 fully saturated rings. The Balaban J connectivity index is 1.74. The largest absolute Gasteiger partial charge is 0.455 e. The number of carbonyl (C=O) groups is 1. The first-order chi connectivity index (χ1) is 15.9. The zero-order chi connectivity index (χ0) is 23.9. The molecule has 1 atom stereocenters. The van der Waals surface area contributed by atoms with Gasteiger partial charge in [0.2, 0.25) is 6.29 Å². The number of benzene rings is 2. The summed E-state index contributed by atoms with van der Waals surface area (Å²) in [6.45, 7) is 5.30. The molecule has 0 aliphatic heterocycles. The summed E-state index contributed by atoms with van der Waals surface area (Å²) in [6, 6.07) is 18.4. The number of ether oxygens (including phenoxy) is 2. The van der Waals surface area contributed by atoms with E-state index in [4.69, 9.17) is 9.47 Å². The monoisotopic (exact) mass is 454 g/mol. The Kier molecular flexibility index (Phi) is 12.0. The van der Waals surface area contributed by atoms with Crippen LogP contribution in [0.1, 0.15) is 76.3 Å². The molecule has 1 unspecified atom stereocenters. The first-order valence-electron chi connectivity index (χ1n) is 12.7. The van der Waals surface area contributed by atoms with Gasteiger partial charge in [-0.3, -0.25) is 0 Å². The van der Waals surface area contributed by atoms with Crippen LogP contribution in [-0.2, 0) is 22.5 Å². The van der Waals surface area contributed by atoms with Gasteiger partial charge in [0.15, 0.2) is 6.54 Å². The van der Waals surface area contributed by atoms with Gasteiger partial charge in [-0.2, -0.15) is 0 Å². The molecule has 4 nitrogen and oxygen atoms in total. The molecule has 0 heterocycles. The summed E-state index contributed by atoms with van der Waals surface area (Å²) in [6.07, 6.45) is 10.4. The maximum atomic E-state index is 12.6. The second-order valence-electron chi connectivity index (χ2n) is 9.70.